The van der Waals surface area contributed by atoms with Crippen LogP contribution in [0.25, 0.3) is 0 Å². The molecule has 1 aromatic heterocycles. The van der Waals surface area contributed by atoms with E-state index < -0.39 is 0 Å². The smallest absolute Gasteiger partial charge is 0.249 e. The quantitative estimate of drug-likeness (QED) is 0.725. The minimum absolute atomic E-state index is 0.358. The topological polar surface area (TPSA) is 86.5 Å². The Bertz CT molecular complexity index is 874. The van der Waals surface area contributed by atoms with Gasteiger partial charge in [0.1, 0.15) is 6.07 Å². The molecule has 7 heteroatoms. The molecule has 0 atom stereocenters. The van der Waals surface area contributed by atoms with Crippen LogP contribution in [0.4, 0.5) is 23.1 Å². The second kappa shape index (κ2) is 6.85. The van der Waals surface area contributed by atoms with Gasteiger partial charge >= 0.3 is 0 Å². The van der Waals surface area contributed by atoms with Crippen LogP contribution in [0.3, 0.4) is 0 Å². The van der Waals surface area contributed by atoms with Gasteiger partial charge in [-0.1, -0.05) is 24.3 Å². The number of hydrogen-bond donors (Lipinski definition) is 2. The molecule has 23 heavy (non-hydrogen) atoms. The third kappa shape index (κ3) is 3.62. The normalized spacial score (nSPS) is 9.91. The average Bonchev–Trinajstić information content (AvgIpc) is 2.58. The summed E-state index contributed by atoms with van der Waals surface area (Å²) >= 11 is 3.45. The van der Waals surface area contributed by atoms with Crippen LogP contribution in [-0.4, -0.2) is 15.2 Å². The zero-order valence-electron chi connectivity index (χ0n) is 11.9. The van der Waals surface area contributed by atoms with E-state index in [1.54, 1.807) is 6.07 Å². The fraction of sp³-hybridized carbons (Fsp3) is 0. The number of hydrogen-bond acceptors (Lipinski definition) is 6. The van der Waals surface area contributed by atoms with Gasteiger partial charge in [0, 0.05) is 4.47 Å². The van der Waals surface area contributed by atoms with E-state index in [1.165, 1.54) is 6.20 Å². The van der Waals surface area contributed by atoms with Gasteiger partial charge in [-0.3, -0.25) is 0 Å². The Balaban J connectivity index is 1.83. The Morgan fingerprint density at radius 2 is 1.70 bits per heavy atom. The number of nitrogens with one attached hydrogen (secondary N) is 2. The molecular weight excluding hydrogens is 356 g/mol. The molecule has 0 aliphatic rings. The average molecular weight is 367 g/mol. The highest BCUT2D eigenvalue weighted by atomic mass is 79.9. The van der Waals surface area contributed by atoms with Crippen LogP contribution in [0.1, 0.15) is 5.56 Å². The standard InChI is InChI=1S/C16H11BrN6/c17-12-6-2-4-8-14(12)21-16-22-15(10-19-23-16)20-13-7-3-1-5-11(13)9-18/h1-8,10H,(H2,20,21,22,23). The van der Waals surface area contributed by atoms with E-state index >= 15 is 0 Å². The van der Waals surface area contributed by atoms with Crippen molar-refractivity contribution in [2.45, 2.75) is 0 Å². The lowest BCUT2D eigenvalue weighted by molar-refractivity contribution is 0.982. The van der Waals surface area contributed by atoms with Crippen molar-refractivity contribution < 1.29 is 0 Å². The molecule has 0 radical (unpaired) electrons. The number of benzene rings is 2. The number of halogens is 1. The fourth-order valence-corrected chi connectivity index (χ4v) is 2.31. The van der Waals surface area contributed by atoms with Crippen molar-refractivity contribution in [3.05, 3.63) is 64.8 Å². The van der Waals surface area contributed by atoms with Gasteiger partial charge in [0.2, 0.25) is 5.95 Å². The number of anilines is 4. The Hall–Kier alpha value is -2.98. The summed E-state index contributed by atoms with van der Waals surface area (Å²) in [6.07, 6.45) is 1.50. The minimum Gasteiger partial charge on any atom is -0.338 e. The molecule has 3 rings (SSSR count). The van der Waals surface area contributed by atoms with E-state index in [1.807, 2.05) is 42.5 Å². The lowest BCUT2D eigenvalue weighted by Crippen LogP contribution is -2.03. The number of nitriles is 1. The van der Waals surface area contributed by atoms with Crippen molar-refractivity contribution in [2.75, 3.05) is 10.6 Å². The summed E-state index contributed by atoms with van der Waals surface area (Å²) in [6, 6.07) is 17.0. The maximum atomic E-state index is 9.12. The third-order valence-electron chi connectivity index (χ3n) is 2.99. The Labute approximate surface area is 141 Å². The van der Waals surface area contributed by atoms with E-state index in [0.717, 1.165) is 10.2 Å². The van der Waals surface area contributed by atoms with E-state index in [-0.39, 0.29) is 0 Å². The molecule has 0 aliphatic carbocycles. The largest absolute Gasteiger partial charge is 0.338 e. The first-order chi connectivity index (χ1) is 11.3. The van der Waals surface area contributed by atoms with E-state index in [9.17, 15) is 0 Å². The van der Waals surface area contributed by atoms with Crippen LogP contribution in [0.15, 0.2) is 59.2 Å². The first-order valence-electron chi connectivity index (χ1n) is 6.73. The highest BCUT2D eigenvalue weighted by molar-refractivity contribution is 9.10. The maximum absolute atomic E-state index is 9.12. The van der Waals surface area contributed by atoms with Crippen LogP contribution in [0.2, 0.25) is 0 Å². The molecule has 0 spiro atoms. The van der Waals surface area contributed by atoms with Crippen LogP contribution in [0.5, 0.6) is 0 Å². The summed E-state index contributed by atoms with van der Waals surface area (Å²) in [4.78, 5) is 4.35. The maximum Gasteiger partial charge on any atom is 0.249 e. The van der Waals surface area contributed by atoms with Crippen molar-refractivity contribution in [1.29, 1.82) is 5.26 Å². The highest BCUT2D eigenvalue weighted by Crippen LogP contribution is 2.24. The van der Waals surface area contributed by atoms with Crippen molar-refractivity contribution in [3.63, 3.8) is 0 Å². The minimum atomic E-state index is 0.358. The van der Waals surface area contributed by atoms with Crippen molar-refractivity contribution in [1.82, 2.24) is 15.2 Å². The molecule has 0 saturated carbocycles. The summed E-state index contributed by atoms with van der Waals surface area (Å²) in [5.74, 6) is 0.855. The van der Waals surface area contributed by atoms with E-state index in [2.05, 4.69) is 47.8 Å². The Morgan fingerprint density at radius 3 is 2.48 bits per heavy atom. The summed E-state index contributed by atoms with van der Waals surface area (Å²) in [6.45, 7) is 0. The molecule has 2 aromatic carbocycles. The molecule has 0 bridgehead atoms. The fourth-order valence-electron chi connectivity index (χ4n) is 1.93. The van der Waals surface area contributed by atoms with Gasteiger partial charge in [-0.2, -0.15) is 15.3 Å². The van der Waals surface area contributed by atoms with Gasteiger partial charge in [-0.25, -0.2) is 0 Å². The Morgan fingerprint density at radius 1 is 0.957 bits per heavy atom. The number of para-hydroxylation sites is 2. The van der Waals surface area contributed by atoms with E-state index in [4.69, 9.17) is 5.26 Å². The van der Waals surface area contributed by atoms with Crippen molar-refractivity contribution in [2.24, 2.45) is 0 Å². The van der Waals surface area contributed by atoms with E-state index in [0.29, 0.717) is 23.0 Å². The first-order valence-corrected chi connectivity index (χ1v) is 7.53. The molecule has 112 valence electrons. The monoisotopic (exact) mass is 366 g/mol. The zero-order chi connectivity index (χ0) is 16.1. The molecule has 0 aliphatic heterocycles. The molecule has 0 saturated heterocycles. The van der Waals surface area contributed by atoms with Crippen molar-refractivity contribution in [3.8, 4) is 6.07 Å². The Kier molecular flexibility index (Phi) is 4.45. The van der Waals surface area contributed by atoms with Gasteiger partial charge in [-0.15, -0.1) is 5.10 Å². The molecule has 0 fully saturated rings. The lowest BCUT2D eigenvalue weighted by atomic mass is 10.2. The summed E-state index contributed by atoms with van der Waals surface area (Å²) in [7, 11) is 0. The van der Waals surface area contributed by atoms with Gasteiger partial charge in [0.15, 0.2) is 5.82 Å². The molecule has 1 heterocycles. The van der Waals surface area contributed by atoms with Crippen LogP contribution >= 0.6 is 15.9 Å². The molecule has 3 aromatic rings. The van der Waals surface area contributed by atoms with Gasteiger partial charge in [-0.05, 0) is 40.2 Å². The summed E-state index contributed by atoms with van der Waals surface area (Å²) < 4.78 is 0.900. The summed E-state index contributed by atoms with van der Waals surface area (Å²) in [5.41, 5.74) is 2.04. The number of aromatic nitrogens is 3. The third-order valence-corrected chi connectivity index (χ3v) is 3.68. The molecular formula is C16H11BrN6. The zero-order valence-corrected chi connectivity index (χ0v) is 13.4. The second-order valence-corrected chi connectivity index (χ2v) is 5.41. The second-order valence-electron chi connectivity index (χ2n) is 4.55. The number of rotatable bonds is 4. The van der Waals surface area contributed by atoms with Gasteiger partial charge < -0.3 is 10.6 Å². The van der Waals surface area contributed by atoms with Crippen LogP contribution in [-0.2, 0) is 0 Å². The lowest BCUT2D eigenvalue weighted by Gasteiger charge is -2.09. The highest BCUT2D eigenvalue weighted by Gasteiger charge is 2.06. The molecule has 0 unspecified atom stereocenters. The summed E-state index contributed by atoms with van der Waals surface area (Å²) in [5, 5.41) is 23.2. The number of nitrogens with zero attached hydrogens (tertiary/aromatic N) is 4. The molecule has 0 amide bonds. The van der Waals surface area contributed by atoms with Crippen molar-refractivity contribution >= 4 is 39.1 Å². The van der Waals surface area contributed by atoms with Gasteiger partial charge in [0.05, 0.1) is 23.1 Å². The van der Waals surface area contributed by atoms with Gasteiger partial charge in [0.25, 0.3) is 0 Å². The SMILES string of the molecule is N#Cc1ccccc1Nc1cnnc(Nc2ccccc2Br)n1. The molecule has 6 nitrogen and oxygen atoms in total. The predicted molar refractivity (Wildman–Crippen MR) is 91.7 cm³/mol. The van der Waals surface area contributed by atoms with Crippen LogP contribution < -0.4 is 10.6 Å². The predicted octanol–water partition coefficient (Wildman–Crippen LogP) is 3.99. The molecule has 2 N–H and O–H groups in total. The first kappa shape index (κ1) is 14.9. The van der Waals surface area contributed by atoms with Crippen LogP contribution in [0, 0.1) is 11.3 Å².